The molecule has 4 N–H and O–H groups in total. The number of carbonyl (C=O) groups excluding carboxylic acids is 1. The first-order valence-electron chi connectivity index (χ1n) is 16.8. The lowest BCUT2D eigenvalue weighted by Crippen LogP contribution is -2.31. The number of carboxylic acids is 1. The van der Waals surface area contributed by atoms with Crippen LogP contribution < -0.4 is 9.47 Å². The predicted octanol–water partition coefficient (Wildman–Crippen LogP) is 2.80. The molecule has 0 saturated heterocycles. The number of hydrogen-bond acceptors (Lipinski definition) is 15. The molecule has 0 radical (unpaired) electrons. The summed E-state index contributed by atoms with van der Waals surface area (Å²) in [7, 11) is -4.99. The number of methoxy groups -OCH3 is 2. The summed E-state index contributed by atoms with van der Waals surface area (Å²) in [5.74, 6) is -1.09. The molecule has 0 aromatic heterocycles. The Kier molecular flexibility index (Phi) is 13.0. The van der Waals surface area contributed by atoms with Crippen molar-refractivity contribution in [1.82, 2.24) is 10.0 Å². The van der Waals surface area contributed by atoms with Gasteiger partial charge in [0.15, 0.2) is 40.5 Å². The first kappa shape index (κ1) is 41.5. The van der Waals surface area contributed by atoms with Crippen molar-refractivity contribution < 1.29 is 56.3 Å². The van der Waals surface area contributed by atoms with Gasteiger partial charge in [-0.2, -0.15) is 27.0 Å². The number of aliphatic carboxylic acids is 1. The molecule has 0 amide bonds. The maximum Gasteiger partial charge on any atom is 0.325 e. The molecule has 298 valence electrons. The van der Waals surface area contributed by atoms with E-state index >= 15 is 0 Å². The summed E-state index contributed by atoms with van der Waals surface area (Å²) in [5.41, 5.74) is 1.70. The van der Waals surface area contributed by atoms with Gasteiger partial charge in [0.25, 0.3) is 20.0 Å². The van der Waals surface area contributed by atoms with Crippen molar-refractivity contribution in [2.24, 2.45) is 19.0 Å². The van der Waals surface area contributed by atoms with Crippen molar-refractivity contribution in [1.29, 1.82) is 0 Å². The lowest BCUT2D eigenvalue weighted by Gasteiger charge is -2.18. The Bertz CT molecular complexity index is 2520. The number of aliphatic hydroxyl groups is 1. The number of fused-ring (bicyclic) bond motifs is 2. The number of carboxylic acid groups (broad SMARTS) is 1. The van der Waals surface area contributed by atoms with Crippen LogP contribution in [0.1, 0.15) is 35.1 Å². The van der Waals surface area contributed by atoms with Crippen LogP contribution in [-0.4, -0.2) is 117 Å². The Morgan fingerprint density at radius 2 is 1.14 bits per heavy atom. The number of amidine groups is 2. The third-order valence-corrected chi connectivity index (χ3v) is 10.7. The number of phenols is 2. The largest absolute Gasteiger partial charge is 0.504 e. The van der Waals surface area contributed by atoms with Crippen molar-refractivity contribution in [3.63, 3.8) is 0 Å². The molecule has 2 aliphatic heterocycles. The van der Waals surface area contributed by atoms with Crippen LogP contribution in [0.2, 0.25) is 0 Å². The number of aliphatic hydroxyl groups excluding tert-OH is 1. The molecule has 0 atom stereocenters. The van der Waals surface area contributed by atoms with Gasteiger partial charge in [0.05, 0.1) is 26.6 Å². The van der Waals surface area contributed by atoms with Crippen molar-refractivity contribution in [2.75, 3.05) is 33.9 Å². The van der Waals surface area contributed by atoms with Crippen LogP contribution in [0.3, 0.4) is 0 Å². The molecular weight excluding hydrogens is 785 g/mol. The Labute approximate surface area is 327 Å². The zero-order valence-corrected chi connectivity index (χ0v) is 32.0. The molecule has 6 rings (SSSR count). The monoisotopic (exact) mass is 820 g/mol. The molecule has 0 saturated carbocycles. The molecule has 57 heavy (non-hydrogen) atoms. The van der Waals surface area contributed by atoms with Gasteiger partial charge in [0, 0.05) is 24.2 Å². The van der Waals surface area contributed by atoms with Crippen molar-refractivity contribution in [2.45, 2.75) is 22.6 Å². The van der Waals surface area contributed by atoms with E-state index in [2.05, 4.69) is 19.0 Å². The highest BCUT2D eigenvalue weighted by Crippen LogP contribution is 2.30. The molecule has 0 fully saturated rings. The number of hydrogen-bond donors (Lipinski definition) is 4. The Morgan fingerprint density at radius 3 is 1.56 bits per heavy atom. The van der Waals surface area contributed by atoms with E-state index in [4.69, 9.17) is 19.7 Å². The third-order valence-electron chi connectivity index (χ3n) is 8.04. The summed E-state index contributed by atoms with van der Waals surface area (Å²) >= 11 is 0. The predicted molar refractivity (Wildman–Crippen MR) is 207 cm³/mol. The van der Waals surface area contributed by atoms with Gasteiger partial charge in [0.1, 0.15) is 22.9 Å². The van der Waals surface area contributed by atoms with Crippen molar-refractivity contribution in [3.05, 3.63) is 107 Å². The van der Waals surface area contributed by atoms with Crippen LogP contribution in [0.4, 0.5) is 0 Å². The van der Waals surface area contributed by atoms with Gasteiger partial charge < -0.3 is 29.9 Å². The number of rotatable bonds is 13. The summed E-state index contributed by atoms with van der Waals surface area (Å²) in [6, 6.07) is 21.4. The second kappa shape index (κ2) is 17.9. The molecule has 2 aliphatic rings. The van der Waals surface area contributed by atoms with E-state index < -0.39 is 32.6 Å². The summed E-state index contributed by atoms with van der Waals surface area (Å²) in [6.45, 7) is -0.927. The first-order valence-corrected chi connectivity index (χ1v) is 19.7. The van der Waals surface area contributed by atoms with E-state index in [0.717, 1.165) is 5.01 Å². The van der Waals surface area contributed by atoms with Crippen LogP contribution in [0.15, 0.2) is 114 Å². The molecule has 4 aromatic rings. The number of phenolic OH excluding ortho intramolecular Hbond substituents is 2. The topological polar surface area (TPSA) is 258 Å². The first-order chi connectivity index (χ1) is 27.2. The fraction of sp³-hybridized carbons (Fsp3) is 0.189. The highest BCUT2D eigenvalue weighted by atomic mass is 32.2. The summed E-state index contributed by atoms with van der Waals surface area (Å²) < 4.78 is 66.7. The minimum atomic E-state index is -3.91. The number of sulfonamides is 2. The van der Waals surface area contributed by atoms with E-state index in [9.17, 15) is 36.6 Å². The van der Waals surface area contributed by atoms with Gasteiger partial charge in [-0.3, -0.25) is 9.59 Å². The zero-order chi connectivity index (χ0) is 41.3. The van der Waals surface area contributed by atoms with Crippen LogP contribution >= 0.6 is 0 Å². The van der Waals surface area contributed by atoms with E-state index in [0.29, 0.717) is 23.1 Å². The number of ether oxygens (including phenoxy) is 2. The van der Waals surface area contributed by atoms with Crippen molar-refractivity contribution >= 4 is 55.9 Å². The quantitative estimate of drug-likeness (QED) is 0.112. The highest BCUT2D eigenvalue weighted by Gasteiger charge is 2.33. The maximum atomic E-state index is 12.4. The Hall–Kier alpha value is -6.64. The SMILES string of the molecule is COc1cc(/C=N/N(CC(=O)CCCO)C2=NS(=O)(=O)c3ccccc32)ccc1O.COc1cc(/C=N/N(CC(=O)O)C2=NS(=O)(=O)c3ccccc32)ccc1O. The average molecular weight is 821 g/mol. The standard InChI is InChI=1S/C20H21N3O6S.C17H15N3O6S/c1-29-18-11-14(8-9-17(18)26)12-21-23(13-15(25)5-4-10-24)20-16-6-2-3-7-19(16)30(27,28)22-20;1-26-14-8-11(6-7-13(14)21)9-18-20(10-16(22)23)17-12-4-2-3-5-15(12)27(24,25)19-17/h2-3,6-9,11-12,24,26H,4-5,10,13H2,1H3;2-9,21H,10H2,1H3,(H,22,23)/b21-12+;18-9+. The smallest absolute Gasteiger partial charge is 0.325 e. The average Bonchev–Trinajstić information content (AvgIpc) is 3.63. The lowest BCUT2D eigenvalue weighted by molar-refractivity contribution is -0.137. The molecule has 20 heteroatoms. The number of carbonyl (C=O) groups is 2. The Balaban J connectivity index is 0.000000219. The van der Waals surface area contributed by atoms with E-state index in [1.165, 1.54) is 68.1 Å². The minimum Gasteiger partial charge on any atom is -0.504 e. The zero-order valence-electron chi connectivity index (χ0n) is 30.3. The van der Waals surface area contributed by atoms with Gasteiger partial charge in [-0.1, -0.05) is 24.3 Å². The third kappa shape index (κ3) is 9.97. The minimum absolute atomic E-state index is 0.00288. The normalized spacial score (nSPS) is 14.5. The van der Waals surface area contributed by atoms with Crippen LogP contribution in [0.25, 0.3) is 0 Å². The molecule has 0 bridgehead atoms. The maximum absolute atomic E-state index is 12.4. The number of hydrazone groups is 2. The van der Waals surface area contributed by atoms with Gasteiger partial charge >= 0.3 is 5.97 Å². The second-order valence-corrected chi connectivity index (χ2v) is 15.1. The molecule has 18 nitrogen and oxygen atoms in total. The number of aromatic hydroxyl groups is 2. The van der Waals surface area contributed by atoms with E-state index in [1.807, 2.05) is 0 Å². The van der Waals surface area contributed by atoms with Crippen LogP contribution in [-0.2, 0) is 29.6 Å². The molecule has 4 aromatic carbocycles. The van der Waals surface area contributed by atoms with Gasteiger partial charge in [-0.05, 0) is 78.2 Å². The number of ketones is 1. The summed E-state index contributed by atoms with van der Waals surface area (Å²) in [4.78, 5) is 23.6. The van der Waals surface area contributed by atoms with E-state index in [-0.39, 0.29) is 75.4 Å². The van der Waals surface area contributed by atoms with Gasteiger partial charge in [0.2, 0.25) is 0 Å². The van der Waals surface area contributed by atoms with Crippen molar-refractivity contribution in [3.8, 4) is 23.0 Å². The number of benzene rings is 4. The fourth-order valence-corrected chi connectivity index (χ4v) is 7.78. The van der Waals surface area contributed by atoms with Gasteiger partial charge in [-0.25, -0.2) is 10.0 Å². The number of Topliss-reactive ketones (excluding diaryl/α,β-unsaturated/α-hetero) is 1. The van der Waals surface area contributed by atoms with Crippen LogP contribution in [0, 0.1) is 0 Å². The second-order valence-electron chi connectivity index (χ2n) is 12.0. The van der Waals surface area contributed by atoms with Gasteiger partial charge in [-0.15, -0.1) is 8.80 Å². The fourth-order valence-electron chi connectivity index (χ4n) is 5.36. The summed E-state index contributed by atoms with van der Waals surface area (Å²) in [6.07, 6.45) is 3.16. The number of nitrogens with zero attached hydrogens (tertiary/aromatic N) is 6. The van der Waals surface area contributed by atoms with E-state index in [1.54, 1.807) is 48.5 Å². The molecular formula is C37H36N6O12S2. The molecule has 0 unspecified atom stereocenters. The summed E-state index contributed by atoms with van der Waals surface area (Å²) in [5, 5.41) is 48.0. The van der Waals surface area contributed by atoms with Crippen LogP contribution in [0.5, 0.6) is 23.0 Å². The molecule has 0 spiro atoms. The highest BCUT2D eigenvalue weighted by molar-refractivity contribution is 7.91. The Morgan fingerprint density at radius 1 is 0.702 bits per heavy atom. The molecule has 0 aliphatic carbocycles. The lowest BCUT2D eigenvalue weighted by atomic mass is 10.2. The molecule has 2 heterocycles.